The summed E-state index contributed by atoms with van der Waals surface area (Å²) in [6, 6.07) is 17.7. The van der Waals surface area contributed by atoms with Crippen molar-refractivity contribution in [2.75, 3.05) is 11.9 Å². The maximum absolute atomic E-state index is 6.06. The number of aromatic nitrogens is 1. The lowest BCUT2D eigenvalue weighted by Crippen LogP contribution is -2.22. The van der Waals surface area contributed by atoms with E-state index in [1.165, 1.54) is 24.0 Å². The first-order valence-electron chi connectivity index (χ1n) is 10.2. The number of halogens is 1. The molecule has 6 nitrogen and oxygen atoms in total. The maximum atomic E-state index is 6.06. The van der Waals surface area contributed by atoms with Crippen molar-refractivity contribution in [1.82, 2.24) is 4.98 Å². The molecule has 0 bridgehead atoms. The summed E-state index contributed by atoms with van der Waals surface area (Å²) in [4.78, 5) is 8.79. The number of benzene rings is 2. The van der Waals surface area contributed by atoms with E-state index in [-0.39, 0.29) is 24.0 Å². The molecule has 0 atom stereocenters. The Labute approximate surface area is 199 Å². The quantitative estimate of drug-likeness (QED) is 0.246. The Morgan fingerprint density at radius 1 is 1.06 bits per heavy atom. The molecule has 7 heteroatoms. The van der Waals surface area contributed by atoms with Crippen LogP contribution in [0.4, 0.5) is 5.69 Å². The highest BCUT2D eigenvalue weighted by atomic mass is 127. The van der Waals surface area contributed by atoms with Gasteiger partial charge in [-0.3, -0.25) is 0 Å². The van der Waals surface area contributed by atoms with E-state index in [9.17, 15) is 0 Å². The lowest BCUT2D eigenvalue weighted by molar-refractivity contribution is 0.319. The summed E-state index contributed by atoms with van der Waals surface area (Å²) in [6.07, 6.45) is 5.28. The van der Waals surface area contributed by atoms with Gasteiger partial charge in [0.25, 0.3) is 0 Å². The van der Waals surface area contributed by atoms with Crippen LogP contribution in [-0.4, -0.2) is 17.6 Å². The van der Waals surface area contributed by atoms with Crippen LogP contribution in [-0.2, 0) is 19.4 Å². The number of hydrogen-bond donors (Lipinski definition) is 2. The SMILES string of the molecule is CCOc1ccccc1Oc1ccc(CN=C(N)Nc2ccc3c(c2)CCC3)cn1.I. The number of aryl methyl sites for hydroxylation is 2. The lowest BCUT2D eigenvalue weighted by atomic mass is 10.1. The van der Waals surface area contributed by atoms with Crippen LogP contribution in [0.1, 0.15) is 30.0 Å². The van der Waals surface area contributed by atoms with Gasteiger partial charge in [0.05, 0.1) is 13.2 Å². The van der Waals surface area contributed by atoms with Gasteiger partial charge in [-0.15, -0.1) is 24.0 Å². The number of fused-ring (bicyclic) bond motifs is 1. The fourth-order valence-corrected chi connectivity index (χ4v) is 3.50. The van der Waals surface area contributed by atoms with E-state index in [1.807, 2.05) is 43.3 Å². The molecule has 0 saturated carbocycles. The summed E-state index contributed by atoms with van der Waals surface area (Å²) < 4.78 is 11.4. The number of ether oxygens (including phenoxy) is 2. The number of para-hydroxylation sites is 2. The third-order valence-electron chi connectivity index (χ3n) is 4.96. The van der Waals surface area contributed by atoms with E-state index in [2.05, 4.69) is 33.5 Å². The van der Waals surface area contributed by atoms with Gasteiger partial charge in [0.2, 0.25) is 5.88 Å². The van der Waals surface area contributed by atoms with Crippen molar-refractivity contribution in [2.24, 2.45) is 10.7 Å². The zero-order valence-electron chi connectivity index (χ0n) is 17.5. The van der Waals surface area contributed by atoms with E-state index < -0.39 is 0 Å². The average molecular weight is 530 g/mol. The van der Waals surface area contributed by atoms with Gasteiger partial charge < -0.3 is 20.5 Å². The molecule has 0 saturated heterocycles. The molecule has 31 heavy (non-hydrogen) atoms. The molecule has 1 aliphatic rings. The molecule has 0 fully saturated rings. The Morgan fingerprint density at radius 2 is 1.87 bits per heavy atom. The minimum atomic E-state index is 0. The van der Waals surface area contributed by atoms with Crippen LogP contribution in [0.3, 0.4) is 0 Å². The van der Waals surface area contributed by atoms with Crippen molar-refractivity contribution in [3.63, 3.8) is 0 Å². The molecule has 0 radical (unpaired) electrons. The molecule has 1 heterocycles. The van der Waals surface area contributed by atoms with Crippen LogP contribution in [0, 0.1) is 0 Å². The number of pyridine rings is 1. The number of rotatable bonds is 7. The Bertz CT molecular complexity index is 1040. The number of nitrogens with two attached hydrogens (primary N) is 1. The first-order chi connectivity index (χ1) is 14.7. The van der Waals surface area contributed by atoms with Gasteiger partial charge in [-0.25, -0.2) is 9.98 Å². The molecule has 2 aromatic carbocycles. The summed E-state index contributed by atoms with van der Waals surface area (Å²) >= 11 is 0. The first kappa shape index (κ1) is 22.9. The van der Waals surface area contributed by atoms with Crippen LogP contribution < -0.4 is 20.5 Å². The van der Waals surface area contributed by atoms with Crippen molar-refractivity contribution >= 4 is 35.6 Å². The van der Waals surface area contributed by atoms with E-state index in [1.54, 1.807) is 6.20 Å². The second-order valence-electron chi connectivity index (χ2n) is 7.15. The number of hydrogen-bond acceptors (Lipinski definition) is 4. The molecule has 1 aromatic heterocycles. The number of nitrogens with zero attached hydrogens (tertiary/aromatic N) is 2. The molecule has 0 amide bonds. The smallest absolute Gasteiger partial charge is 0.219 e. The fourth-order valence-electron chi connectivity index (χ4n) is 3.50. The van der Waals surface area contributed by atoms with E-state index >= 15 is 0 Å². The van der Waals surface area contributed by atoms with Crippen molar-refractivity contribution in [3.8, 4) is 17.4 Å². The zero-order chi connectivity index (χ0) is 20.8. The minimum absolute atomic E-state index is 0. The van der Waals surface area contributed by atoms with Gasteiger partial charge in [0.15, 0.2) is 17.5 Å². The Kier molecular flexibility index (Phi) is 8.11. The second kappa shape index (κ2) is 11.0. The van der Waals surface area contributed by atoms with Crippen molar-refractivity contribution in [1.29, 1.82) is 0 Å². The van der Waals surface area contributed by atoms with Crippen molar-refractivity contribution in [3.05, 3.63) is 77.5 Å². The second-order valence-corrected chi connectivity index (χ2v) is 7.15. The summed E-state index contributed by atoms with van der Waals surface area (Å²) in [6.45, 7) is 2.95. The van der Waals surface area contributed by atoms with Crippen molar-refractivity contribution < 1.29 is 9.47 Å². The highest BCUT2D eigenvalue weighted by molar-refractivity contribution is 14.0. The van der Waals surface area contributed by atoms with Gasteiger partial charge in [0.1, 0.15) is 0 Å². The molecule has 0 unspecified atom stereocenters. The highest BCUT2D eigenvalue weighted by Gasteiger charge is 2.11. The maximum Gasteiger partial charge on any atom is 0.219 e. The number of aliphatic imine (C=N–C) groups is 1. The molecule has 4 rings (SSSR count). The molecule has 1 aliphatic carbocycles. The molecule has 3 N–H and O–H groups in total. The monoisotopic (exact) mass is 530 g/mol. The molecule has 0 aliphatic heterocycles. The van der Waals surface area contributed by atoms with Gasteiger partial charge in [0, 0.05) is 18.0 Å². The normalized spacial score (nSPS) is 12.6. The number of guanidine groups is 1. The van der Waals surface area contributed by atoms with E-state index in [0.29, 0.717) is 36.5 Å². The molecule has 3 aromatic rings. The van der Waals surface area contributed by atoms with Crippen LogP contribution in [0.5, 0.6) is 17.4 Å². The lowest BCUT2D eigenvalue weighted by Gasteiger charge is -2.10. The summed E-state index contributed by atoms with van der Waals surface area (Å²) in [5, 5.41) is 3.17. The third-order valence-corrected chi connectivity index (χ3v) is 4.96. The Morgan fingerprint density at radius 3 is 2.65 bits per heavy atom. The van der Waals surface area contributed by atoms with Crippen LogP contribution >= 0.6 is 24.0 Å². The number of nitrogens with one attached hydrogen (secondary N) is 1. The average Bonchev–Trinajstić information content (AvgIpc) is 3.23. The number of anilines is 1. The summed E-state index contributed by atoms with van der Waals surface area (Å²) in [5.74, 6) is 2.22. The standard InChI is InChI=1S/C24H26N4O2.HI/c1-2-29-21-8-3-4-9-22(21)30-23-13-10-17(15-26-23)16-27-24(25)28-20-12-11-18-6-5-7-19(18)14-20;/h3-4,8-15H,2,5-7,16H2,1H3,(H3,25,27,28);1H. The fraction of sp³-hybridized carbons (Fsp3) is 0.250. The van der Waals surface area contributed by atoms with Gasteiger partial charge in [-0.1, -0.05) is 24.3 Å². The minimum Gasteiger partial charge on any atom is -0.490 e. The molecular weight excluding hydrogens is 503 g/mol. The topological polar surface area (TPSA) is 81.8 Å². The Hall–Kier alpha value is -2.81. The molecular formula is C24H27IN4O2. The predicted molar refractivity (Wildman–Crippen MR) is 135 cm³/mol. The van der Waals surface area contributed by atoms with Gasteiger partial charge in [-0.05, 0) is 67.1 Å². The predicted octanol–water partition coefficient (Wildman–Crippen LogP) is 5.31. The summed E-state index contributed by atoms with van der Waals surface area (Å²) in [7, 11) is 0. The highest BCUT2D eigenvalue weighted by Crippen LogP contribution is 2.30. The van der Waals surface area contributed by atoms with E-state index in [0.717, 1.165) is 17.7 Å². The summed E-state index contributed by atoms with van der Waals surface area (Å²) in [5.41, 5.74) is 10.8. The third kappa shape index (κ3) is 6.10. The van der Waals surface area contributed by atoms with E-state index in [4.69, 9.17) is 15.2 Å². The molecule has 162 valence electrons. The van der Waals surface area contributed by atoms with Crippen molar-refractivity contribution in [2.45, 2.75) is 32.7 Å². The first-order valence-corrected chi connectivity index (χ1v) is 10.2. The van der Waals surface area contributed by atoms with Crippen LogP contribution in [0.2, 0.25) is 0 Å². The molecule has 0 spiro atoms. The zero-order valence-corrected chi connectivity index (χ0v) is 19.8. The largest absolute Gasteiger partial charge is 0.490 e. The Balaban J connectivity index is 0.00000272. The van der Waals surface area contributed by atoms with Crippen LogP contribution in [0.15, 0.2) is 65.8 Å². The van der Waals surface area contributed by atoms with Crippen LogP contribution in [0.25, 0.3) is 0 Å². The van der Waals surface area contributed by atoms with Gasteiger partial charge >= 0.3 is 0 Å². The van der Waals surface area contributed by atoms with Gasteiger partial charge in [-0.2, -0.15) is 0 Å².